The average Bonchev–Trinajstić information content (AvgIpc) is 3.35. The molecule has 0 aliphatic heterocycles. The first-order valence-electron chi connectivity index (χ1n) is 9.22. The third-order valence-electron chi connectivity index (χ3n) is 5.04. The van der Waals surface area contributed by atoms with Crippen LogP contribution in [0.2, 0.25) is 4.34 Å². The fourth-order valence-electron chi connectivity index (χ4n) is 3.51. The quantitative estimate of drug-likeness (QED) is 0.475. The lowest BCUT2D eigenvalue weighted by Crippen LogP contribution is -2.36. The lowest BCUT2D eigenvalue weighted by molar-refractivity contribution is 0.248. The third kappa shape index (κ3) is 4.03. The van der Waals surface area contributed by atoms with Gasteiger partial charge in [-0.25, -0.2) is 13.1 Å². The lowest BCUT2D eigenvalue weighted by Gasteiger charge is -2.33. The molecule has 2 heterocycles. The van der Waals surface area contributed by atoms with E-state index >= 15 is 0 Å². The van der Waals surface area contributed by atoms with Gasteiger partial charge in [-0.3, -0.25) is 0 Å². The van der Waals surface area contributed by atoms with Crippen LogP contribution in [0.25, 0.3) is 5.69 Å². The first-order chi connectivity index (χ1) is 13.4. The van der Waals surface area contributed by atoms with Gasteiger partial charge in [0.25, 0.3) is 10.0 Å². The van der Waals surface area contributed by atoms with Gasteiger partial charge in [0.05, 0.1) is 21.8 Å². The van der Waals surface area contributed by atoms with Gasteiger partial charge in [-0.1, -0.05) is 56.5 Å². The Bertz CT molecular complexity index is 1010. The summed E-state index contributed by atoms with van der Waals surface area (Å²) in [5.74, 6) is 0.148. The molecule has 0 saturated carbocycles. The minimum atomic E-state index is -3.68. The smallest absolute Gasteiger partial charge is 0.236 e. The number of benzene rings is 1. The van der Waals surface area contributed by atoms with Gasteiger partial charge in [0.1, 0.15) is 4.21 Å². The van der Waals surface area contributed by atoms with E-state index in [1.807, 2.05) is 41.1 Å². The molecular formula is C20H24ClN3O2S2. The summed E-state index contributed by atoms with van der Waals surface area (Å²) < 4.78 is 30.6. The first kappa shape index (κ1) is 21.0. The number of nitrogens with zero attached hydrogens (tertiary/aromatic N) is 3. The fourth-order valence-corrected chi connectivity index (χ4v) is 6.57. The number of hydrogen-bond donors (Lipinski definition) is 0. The molecule has 0 fully saturated rings. The highest BCUT2D eigenvalue weighted by Gasteiger charge is 2.36. The summed E-state index contributed by atoms with van der Waals surface area (Å²) in [5.41, 5.74) is 1.76. The Morgan fingerprint density at radius 2 is 1.79 bits per heavy atom. The zero-order valence-corrected chi connectivity index (χ0v) is 18.5. The molecule has 0 saturated heterocycles. The second kappa shape index (κ2) is 8.78. The van der Waals surface area contributed by atoms with Crippen molar-refractivity contribution in [3.8, 4) is 5.69 Å². The molecule has 0 aliphatic carbocycles. The van der Waals surface area contributed by atoms with Gasteiger partial charge in [0.2, 0.25) is 0 Å². The molecule has 0 aliphatic rings. The number of halogens is 1. The van der Waals surface area contributed by atoms with E-state index in [0.29, 0.717) is 4.34 Å². The molecule has 2 aromatic heterocycles. The summed E-state index contributed by atoms with van der Waals surface area (Å²) in [7, 11) is -2.03. The van der Waals surface area contributed by atoms with Crippen LogP contribution in [-0.4, -0.2) is 29.6 Å². The minimum absolute atomic E-state index is 0.148. The molecule has 28 heavy (non-hydrogen) atoms. The Hall–Kier alpha value is -1.67. The summed E-state index contributed by atoms with van der Waals surface area (Å²) in [6, 6.07) is 14.5. The number of thiophene rings is 1. The molecule has 0 bridgehead atoms. The van der Waals surface area contributed by atoms with Gasteiger partial charge < -0.3 is 0 Å². The molecule has 0 radical (unpaired) electrons. The molecule has 1 aromatic carbocycles. The van der Waals surface area contributed by atoms with Crippen LogP contribution >= 0.6 is 22.9 Å². The van der Waals surface area contributed by atoms with Crippen molar-refractivity contribution in [1.82, 2.24) is 14.1 Å². The number of sulfonamides is 1. The highest BCUT2D eigenvalue weighted by atomic mass is 35.5. The van der Waals surface area contributed by atoms with Crippen LogP contribution in [0.15, 0.2) is 58.9 Å². The topological polar surface area (TPSA) is 55.2 Å². The Morgan fingerprint density at radius 3 is 2.36 bits per heavy atom. The van der Waals surface area contributed by atoms with Crippen molar-refractivity contribution < 1.29 is 8.42 Å². The highest BCUT2D eigenvalue weighted by molar-refractivity contribution is 7.91. The average molecular weight is 438 g/mol. The predicted molar refractivity (Wildman–Crippen MR) is 115 cm³/mol. The van der Waals surface area contributed by atoms with Gasteiger partial charge in [0.15, 0.2) is 0 Å². The van der Waals surface area contributed by atoms with Crippen molar-refractivity contribution in [3.05, 3.63) is 64.8 Å². The van der Waals surface area contributed by atoms with E-state index < -0.39 is 10.0 Å². The molecule has 150 valence electrons. The van der Waals surface area contributed by atoms with E-state index in [0.717, 1.165) is 35.6 Å². The number of rotatable bonds is 8. The molecule has 0 spiro atoms. The molecule has 8 heteroatoms. The second-order valence-electron chi connectivity index (χ2n) is 6.60. The highest BCUT2D eigenvalue weighted by Crippen LogP contribution is 2.38. The zero-order chi connectivity index (χ0) is 20.3. The van der Waals surface area contributed by atoms with Crippen molar-refractivity contribution in [1.29, 1.82) is 0 Å². The van der Waals surface area contributed by atoms with E-state index in [4.69, 9.17) is 11.6 Å². The summed E-state index contributed by atoms with van der Waals surface area (Å²) in [5, 5.41) is 4.48. The minimum Gasteiger partial charge on any atom is -0.236 e. The van der Waals surface area contributed by atoms with Gasteiger partial charge in [-0.15, -0.1) is 11.3 Å². The molecular weight excluding hydrogens is 414 g/mol. The molecule has 3 rings (SSSR count). The Kier molecular flexibility index (Phi) is 6.60. The maximum atomic E-state index is 13.3. The van der Waals surface area contributed by atoms with Gasteiger partial charge in [-0.05, 0) is 36.2 Å². The fraction of sp³-hybridized carbons (Fsp3) is 0.350. The van der Waals surface area contributed by atoms with E-state index in [9.17, 15) is 8.42 Å². The molecule has 3 aromatic rings. The van der Waals surface area contributed by atoms with Gasteiger partial charge >= 0.3 is 0 Å². The van der Waals surface area contributed by atoms with E-state index in [1.54, 1.807) is 25.4 Å². The monoisotopic (exact) mass is 437 g/mol. The largest absolute Gasteiger partial charge is 0.252 e. The number of aromatic nitrogens is 2. The SMILES string of the molecule is CCC(CC)C(c1ccnn1-c1ccccc1)N(C)S(=O)(=O)c1ccc(Cl)s1. The van der Waals surface area contributed by atoms with Crippen LogP contribution in [0.5, 0.6) is 0 Å². The van der Waals surface area contributed by atoms with Crippen LogP contribution in [0.4, 0.5) is 0 Å². The second-order valence-corrected chi connectivity index (χ2v) is 10.5. The normalized spacial score (nSPS) is 13.4. The van der Waals surface area contributed by atoms with Crippen LogP contribution in [0.3, 0.4) is 0 Å². The van der Waals surface area contributed by atoms with Gasteiger partial charge in [0, 0.05) is 13.2 Å². The summed E-state index contributed by atoms with van der Waals surface area (Å²) in [4.78, 5) is 0. The molecule has 1 unspecified atom stereocenters. The van der Waals surface area contributed by atoms with E-state index in [-0.39, 0.29) is 16.2 Å². The Morgan fingerprint density at radius 1 is 1.11 bits per heavy atom. The van der Waals surface area contributed by atoms with Crippen molar-refractivity contribution in [2.45, 2.75) is 36.9 Å². The van der Waals surface area contributed by atoms with Crippen LogP contribution in [0, 0.1) is 5.92 Å². The number of hydrogen-bond acceptors (Lipinski definition) is 4. The maximum Gasteiger partial charge on any atom is 0.252 e. The maximum absolute atomic E-state index is 13.3. The zero-order valence-electron chi connectivity index (χ0n) is 16.1. The Labute approximate surface area is 175 Å². The third-order valence-corrected chi connectivity index (χ3v) is 8.58. The van der Waals surface area contributed by atoms with Crippen molar-refractivity contribution in [3.63, 3.8) is 0 Å². The van der Waals surface area contributed by atoms with Gasteiger partial charge in [-0.2, -0.15) is 9.40 Å². The van der Waals surface area contributed by atoms with Crippen LogP contribution in [0.1, 0.15) is 38.4 Å². The molecule has 0 amide bonds. The summed E-state index contributed by atoms with van der Waals surface area (Å²) >= 11 is 7.07. The van der Waals surface area contributed by atoms with E-state index in [1.165, 1.54) is 4.31 Å². The van der Waals surface area contributed by atoms with Crippen LogP contribution in [-0.2, 0) is 10.0 Å². The molecule has 0 N–H and O–H groups in total. The lowest BCUT2D eigenvalue weighted by atomic mass is 9.92. The summed E-state index contributed by atoms with van der Waals surface area (Å²) in [6.07, 6.45) is 3.43. The van der Waals surface area contributed by atoms with Crippen molar-refractivity contribution >= 4 is 33.0 Å². The molecule has 1 atom stereocenters. The van der Waals surface area contributed by atoms with Crippen molar-refractivity contribution in [2.75, 3.05) is 7.05 Å². The number of para-hydroxylation sites is 1. The van der Waals surface area contributed by atoms with Crippen LogP contribution < -0.4 is 0 Å². The molecule has 5 nitrogen and oxygen atoms in total. The van der Waals surface area contributed by atoms with Crippen molar-refractivity contribution in [2.24, 2.45) is 5.92 Å². The standard InChI is InChI=1S/C20H24ClN3O2S2/c1-4-15(5-2)20(23(3)28(25,26)19-12-11-18(21)27-19)17-13-14-22-24(17)16-9-7-6-8-10-16/h6-15,20H,4-5H2,1-3H3. The van der Waals surface area contributed by atoms with E-state index in [2.05, 4.69) is 18.9 Å². The predicted octanol–water partition coefficient (Wildman–Crippen LogP) is 5.39. The summed E-state index contributed by atoms with van der Waals surface area (Å²) in [6.45, 7) is 4.18. The Balaban J connectivity index is 2.10. The first-order valence-corrected chi connectivity index (χ1v) is 11.9.